The second-order valence-corrected chi connectivity index (χ2v) is 6.83. The number of ketones is 1. The second kappa shape index (κ2) is 8.44. The van der Waals surface area contributed by atoms with E-state index in [9.17, 15) is 18.0 Å². The van der Waals surface area contributed by atoms with Crippen LogP contribution in [0, 0.1) is 0 Å². The molecule has 0 aliphatic carbocycles. The number of carbonyl (C=O) groups is 1. The lowest BCUT2D eigenvalue weighted by Crippen LogP contribution is -2.07. The summed E-state index contributed by atoms with van der Waals surface area (Å²) in [5, 5.41) is 2.95. The topological polar surface area (TPSA) is 29.1 Å². The summed E-state index contributed by atoms with van der Waals surface area (Å²) in [5.41, 5.74) is 1.02. The Balaban J connectivity index is 2.00. The van der Waals surface area contributed by atoms with E-state index in [1.807, 2.05) is 6.07 Å². The van der Waals surface area contributed by atoms with E-state index < -0.39 is 11.7 Å². The van der Waals surface area contributed by atoms with Crippen molar-refractivity contribution in [3.05, 3.63) is 106 Å². The highest BCUT2D eigenvalue weighted by Gasteiger charge is 2.30. The smallest absolute Gasteiger partial charge is 0.355 e. The highest BCUT2D eigenvalue weighted by atomic mass is 79.9. The molecule has 3 rings (SSSR count). The maximum atomic E-state index is 13.0. The van der Waals surface area contributed by atoms with E-state index in [1.165, 1.54) is 18.2 Å². The van der Waals surface area contributed by atoms with Crippen LogP contribution < -0.4 is 5.32 Å². The van der Waals surface area contributed by atoms with Crippen molar-refractivity contribution in [2.45, 2.75) is 6.18 Å². The first-order valence-electron chi connectivity index (χ1n) is 8.35. The second-order valence-electron chi connectivity index (χ2n) is 5.97. The Morgan fingerprint density at radius 2 is 1.57 bits per heavy atom. The van der Waals surface area contributed by atoms with Crippen LogP contribution in [0.15, 0.2) is 89.4 Å². The monoisotopic (exact) mass is 445 g/mol. The minimum absolute atomic E-state index is 0.241. The third-order valence-electron chi connectivity index (χ3n) is 3.97. The van der Waals surface area contributed by atoms with Crippen LogP contribution in [0.25, 0.3) is 5.70 Å². The summed E-state index contributed by atoms with van der Waals surface area (Å²) in [6.45, 7) is 0. The highest BCUT2D eigenvalue weighted by Crippen LogP contribution is 2.31. The number of alkyl halides is 3. The van der Waals surface area contributed by atoms with Gasteiger partial charge in [-0.3, -0.25) is 4.79 Å². The quantitative estimate of drug-likeness (QED) is 0.345. The third kappa shape index (κ3) is 4.89. The Bertz CT molecular complexity index is 1010. The predicted octanol–water partition coefficient (Wildman–Crippen LogP) is 6.80. The fourth-order valence-electron chi connectivity index (χ4n) is 2.61. The summed E-state index contributed by atoms with van der Waals surface area (Å²) in [4.78, 5) is 12.7. The number of carbonyl (C=O) groups excluding carboxylic acids is 1. The molecule has 0 aliphatic rings. The summed E-state index contributed by atoms with van der Waals surface area (Å²) in [7, 11) is 0. The SMILES string of the molecule is O=C(/C=C(\Nc1cccc(C(F)(F)F)c1)c1ccccc1)c1ccccc1Br. The van der Waals surface area contributed by atoms with Gasteiger partial charge in [0.15, 0.2) is 5.78 Å². The number of hydrogen-bond donors (Lipinski definition) is 1. The molecule has 0 radical (unpaired) electrons. The normalized spacial score (nSPS) is 11.9. The van der Waals surface area contributed by atoms with Crippen molar-refractivity contribution in [3.63, 3.8) is 0 Å². The minimum Gasteiger partial charge on any atom is -0.355 e. The lowest BCUT2D eigenvalue weighted by atomic mass is 10.1. The largest absolute Gasteiger partial charge is 0.416 e. The summed E-state index contributed by atoms with van der Waals surface area (Å²) >= 11 is 3.35. The molecule has 3 aromatic rings. The van der Waals surface area contributed by atoms with Crippen LogP contribution in [0.5, 0.6) is 0 Å². The molecule has 0 aliphatic heterocycles. The van der Waals surface area contributed by atoms with Crippen LogP contribution in [-0.2, 0) is 6.18 Å². The number of rotatable bonds is 5. The molecule has 0 spiro atoms. The van der Waals surface area contributed by atoms with Gasteiger partial charge in [0, 0.05) is 27.5 Å². The molecule has 3 aromatic carbocycles. The van der Waals surface area contributed by atoms with E-state index in [0.717, 1.165) is 12.1 Å². The molecule has 0 unspecified atom stereocenters. The van der Waals surface area contributed by atoms with Gasteiger partial charge in [0.05, 0.1) is 5.56 Å². The van der Waals surface area contributed by atoms with Gasteiger partial charge in [-0.15, -0.1) is 0 Å². The van der Waals surface area contributed by atoms with Crippen LogP contribution in [0.4, 0.5) is 18.9 Å². The van der Waals surface area contributed by atoms with Crippen LogP contribution in [0.3, 0.4) is 0 Å². The van der Waals surface area contributed by atoms with Crippen molar-refractivity contribution < 1.29 is 18.0 Å². The summed E-state index contributed by atoms with van der Waals surface area (Å²) in [6.07, 6.45) is -3.06. The van der Waals surface area contributed by atoms with Crippen LogP contribution in [-0.4, -0.2) is 5.78 Å². The summed E-state index contributed by atoms with van der Waals surface area (Å²) in [5.74, 6) is -0.272. The molecule has 0 saturated heterocycles. The van der Waals surface area contributed by atoms with E-state index in [1.54, 1.807) is 48.5 Å². The van der Waals surface area contributed by atoms with Crippen molar-refractivity contribution >= 4 is 33.1 Å². The van der Waals surface area contributed by atoms with Crippen molar-refractivity contribution in [3.8, 4) is 0 Å². The van der Waals surface area contributed by atoms with Gasteiger partial charge in [0.2, 0.25) is 0 Å². The molecule has 0 heterocycles. The molecule has 0 aromatic heterocycles. The van der Waals surface area contributed by atoms with Crippen LogP contribution >= 0.6 is 15.9 Å². The van der Waals surface area contributed by atoms with E-state index in [-0.39, 0.29) is 11.5 Å². The first kappa shape index (κ1) is 19.9. The maximum absolute atomic E-state index is 13.0. The average Bonchev–Trinajstić information content (AvgIpc) is 2.68. The van der Waals surface area contributed by atoms with Gasteiger partial charge in [0.1, 0.15) is 0 Å². The molecular formula is C22H15BrF3NO. The summed E-state index contributed by atoms with van der Waals surface area (Å²) < 4.78 is 39.6. The van der Waals surface area contributed by atoms with Crippen molar-refractivity contribution in [2.75, 3.05) is 5.32 Å². The molecule has 1 N–H and O–H groups in total. The zero-order valence-electron chi connectivity index (χ0n) is 14.5. The van der Waals surface area contributed by atoms with E-state index in [4.69, 9.17) is 0 Å². The molecule has 142 valence electrons. The number of nitrogens with one attached hydrogen (secondary N) is 1. The number of halogens is 4. The van der Waals surface area contributed by atoms with E-state index in [0.29, 0.717) is 21.3 Å². The number of benzene rings is 3. The van der Waals surface area contributed by atoms with Crippen molar-refractivity contribution in [2.24, 2.45) is 0 Å². The van der Waals surface area contributed by atoms with E-state index >= 15 is 0 Å². The number of allylic oxidation sites excluding steroid dienone is 1. The van der Waals surface area contributed by atoms with Gasteiger partial charge in [-0.2, -0.15) is 13.2 Å². The number of anilines is 1. The molecule has 0 amide bonds. The molecule has 0 bridgehead atoms. The zero-order chi connectivity index (χ0) is 20.1. The molecule has 0 saturated carbocycles. The van der Waals surface area contributed by atoms with Gasteiger partial charge in [-0.25, -0.2) is 0 Å². The maximum Gasteiger partial charge on any atom is 0.416 e. The fraction of sp³-hybridized carbons (Fsp3) is 0.0455. The Kier molecular flexibility index (Phi) is 5.99. The van der Waals surface area contributed by atoms with Gasteiger partial charge in [0.25, 0.3) is 0 Å². The van der Waals surface area contributed by atoms with Gasteiger partial charge in [-0.1, -0.05) is 64.5 Å². The molecule has 6 heteroatoms. The molecular weight excluding hydrogens is 431 g/mol. The van der Waals surface area contributed by atoms with Gasteiger partial charge >= 0.3 is 6.18 Å². The summed E-state index contributed by atoms with van der Waals surface area (Å²) in [6, 6.07) is 20.8. The Hall–Kier alpha value is -2.86. The first-order valence-corrected chi connectivity index (χ1v) is 9.14. The standard InChI is InChI=1S/C22H15BrF3NO/c23-19-12-5-4-11-18(19)21(28)14-20(15-7-2-1-3-8-15)27-17-10-6-9-16(13-17)22(24,25)26/h1-14,27H/b20-14-. The molecule has 28 heavy (non-hydrogen) atoms. The average molecular weight is 446 g/mol. The number of hydrogen-bond acceptors (Lipinski definition) is 2. The minimum atomic E-state index is -4.45. The molecule has 0 fully saturated rings. The van der Waals surface area contributed by atoms with Gasteiger partial charge in [-0.05, 0) is 35.9 Å². The zero-order valence-corrected chi connectivity index (χ0v) is 16.1. The first-order chi connectivity index (χ1) is 13.3. The Morgan fingerprint density at radius 1 is 0.893 bits per heavy atom. The fourth-order valence-corrected chi connectivity index (χ4v) is 3.09. The predicted molar refractivity (Wildman–Crippen MR) is 108 cm³/mol. The molecule has 0 atom stereocenters. The van der Waals surface area contributed by atoms with Crippen molar-refractivity contribution in [1.29, 1.82) is 0 Å². The Labute approximate surface area is 168 Å². The van der Waals surface area contributed by atoms with Crippen LogP contribution in [0.2, 0.25) is 0 Å². The third-order valence-corrected chi connectivity index (χ3v) is 4.66. The highest BCUT2D eigenvalue weighted by molar-refractivity contribution is 9.10. The Morgan fingerprint density at radius 3 is 2.25 bits per heavy atom. The lowest BCUT2D eigenvalue weighted by Gasteiger charge is -2.14. The lowest BCUT2D eigenvalue weighted by molar-refractivity contribution is -0.137. The van der Waals surface area contributed by atoms with Crippen LogP contribution in [0.1, 0.15) is 21.5 Å². The van der Waals surface area contributed by atoms with E-state index in [2.05, 4.69) is 21.2 Å². The van der Waals surface area contributed by atoms with Gasteiger partial charge < -0.3 is 5.32 Å². The molecule has 2 nitrogen and oxygen atoms in total. The van der Waals surface area contributed by atoms with Crippen molar-refractivity contribution in [1.82, 2.24) is 0 Å².